The van der Waals surface area contributed by atoms with Gasteiger partial charge in [0.25, 0.3) is 0 Å². The average molecular weight is 278 g/mol. The smallest absolute Gasteiger partial charge is 0.137 e. The number of hydrogen-bond acceptors (Lipinski definition) is 5. The zero-order chi connectivity index (χ0) is 14.4. The molecular weight excluding hydrogens is 252 g/mol. The minimum atomic E-state index is 0.761. The van der Waals surface area contributed by atoms with Gasteiger partial charge in [-0.25, -0.2) is 9.97 Å². The van der Waals surface area contributed by atoms with E-state index in [1.807, 2.05) is 0 Å². The van der Waals surface area contributed by atoms with Crippen molar-refractivity contribution in [3.05, 3.63) is 11.9 Å². The standard InChI is InChI=1S/C15H26N4O/c1-4-13-14(16-5-2)17-11-18-15(13)19(3)8-9-20-10-12-6-7-12/h11-12H,4-10H2,1-3H3,(H,16,17,18). The molecule has 0 spiro atoms. The van der Waals surface area contributed by atoms with Crippen LogP contribution >= 0.6 is 0 Å². The number of nitrogens with one attached hydrogen (secondary N) is 1. The number of aromatic nitrogens is 2. The largest absolute Gasteiger partial charge is 0.379 e. The fourth-order valence-corrected chi connectivity index (χ4v) is 2.22. The van der Waals surface area contributed by atoms with Gasteiger partial charge in [0.1, 0.15) is 18.0 Å². The Morgan fingerprint density at radius 2 is 2.15 bits per heavy atom. The van der Waals surface area contributed by atoms with Gasteiger partial charge in [-0.05, 0) is 32.1 Å². The van der Waals surface area contributed by atoms with Gasteiger partial charge in [-0.1, -0.05) is 6.92 Å². The van der Waals surface area contributed by atoms with Crippen molar-refractivity contribution < 1.29 is 4.74 Å². The molecule has 0 radical (unpaired) electrons. The van der Waals surface area contributed by atoms with Crippen LogP contribution in [0.1, 0.15) is 32.3 Å². The molecule has 0 bridgehead atoms. The first-order chi connectivity index (χ1) is 9.76. The van der Waals surface area contributed by atoms with Gasteiger partial charge in [0.15, 0.2) is 0 Å². The van der Waals surface area contributed by atoms with Crippen LogP contribution in [0.15, 0.2) is 6.33 Å². The third kappa shape index (κ3) is 4.07. The molecule has 5 heteroatoms. The molecule has 1 aliphatic rings. The first kappa shape index (κ1) is 15.0. The SMILES string of the molecule is CCNc1ncnc(N(C)CCOCC2CC2)c1CC. The van der Waals surface area contributed by atoms with Crippen molar-refractivity contribution in [1.29, 1.82) is 0 Å². The summed E-state index contributed by atoms with van der Waals surface area (Å²) in [5.74, 6) is 2.78. The second kappa shape index (κ2) is 7.43. The molecule has 0 aliphatic heterocycles. The van der Waals surface area contributed by atoms with E-state index < -0.39 is 0 Å². The Balaban J connectivity index is 1.92. The summed E-state index contributed by atoms with van der Waals surface area (Å²) in [6, 6.07) is 0. The first-order valence-electron chi connectivity index (χ1n) is 7.62. The Kier molecular flexibility index (Phi) is 5.59. The Morgan fingerprint density at radius 3 is 2.80 bits per heavy atom. The maximum Gasteiger partial charge on any atom is 0.137 e. The zero-order valence-corrected chi connectivity index (χ0v) is 12.9. The minimum absolute atomic E-state index is 0.761. The molecule has 2 rings (SSSR count). The van der Waals surface area contributed by atoms with Gasteiger partial charge in [0.05, 0.1) is 6.61 Å². The summed E-state index contributed by atoms with van der Waals surface area (Å²) in [5, 5.41) is 3.30. The molecular formula is C15H26N4O. The molecule has 0 amide bonds. The minimum Gasteiger partial charge on any atom is -0.379 e. The van der Waals surface area contributed by atoms with Gasteiger partial charge in [0.2, 0.25) is 0 Å². The Bertz CT molecular complexity index is 420. The zero-order valence-electron chi connectivity index (χ0n) is 12.9. The van der Waals surface area contributed by atoms with E-state index in [4.69, 9.17) is 4.74 Å². The summed E-state index contributed by atoms with van der Waals surface area (Å²) >= 11 is 0. The monoisotopic (exact) mass is 278 g/mol. The highest BCUT2D eigenvalue weighted by Gasteiger charge is 2.21. The third-order valence-corrected chi connectivity index (χ3v) is 3.60. The molecule has 0 aromatic carbocycles. The van der Waals surface area contributed by atoms with Crippen LogP contribution in [-0.4, -0.2) is 43.3 Å². The van der Waals surface area contributed by atoms with Crippen molar-refractivity contribution >= 4 is 11.6 Å². The van der Waals surface area contributed by atoms with E-state index in [-0.39, 0.29) is 0 Å². The predicted octanol–water partition coefficient (Wildman–Crippen LogP) is 2.33. The van der Waals surface area contributed by atoms with Crippen LogP contribution in [-0.2, 0) is 11.2 Å². The van der Waals surface area contributed by atoms with Gasteiger partial charge in [-0.15, -0.1) is 0 Å². The van der Waals surface area contributed by atoms with Crippen LogP contribution in [0.2, 0.25) is 0 Å². The van der Waals surface area contributed by atoms with Crippen molar-refractivity contribution in [1.82, 2.24) is 9.97 Å². The molecule has 1 saturated carbocycles. The highest BCUT2D eigenvalue weighted by molar-refractivity contribution is 5.58. The normalized spacial score (nSPS) is 14.3. The maximum absolute atomic E-state index is 5.70. The van der Waals surface area contributed by atoms with E-state index in [2.05, 4.69) is 41.1 Å². The predicted molar refractivity (Wildman–Crippen MR) is 82.4 cm³/mol. The Morgan fingerprint density at radius 1 is 1.35 bits per heavy atom. The first-order valence-corrected chi connectivity index (χ1v) is 7.62. The quantitative estimate of drug-likeness (QED) is 0.703. The second-order valence-electron chi connectivity index (χ2n) is 5.35. The van der Waals surface area contributed by atoms with Crippen molar-refractivity contribution in [3.8, 4) is 0 Å². The van der Waals surface area contributed by atoms with Gasteiger partial charge in [-0.2, -0.15) is 0 Å². The molecule has 0 saturated heterocycles. The fourth-order valence-electron chi connectivity index (χ4n) is 2.22. The van der Waals surface area contributed by atoms with Crippen LogP contribution in [0.3, 0.4) is 0 Å². The maximum atomic E-state index is 5.70. The molecule has 112 valence electrons. The summed E-state index contributed by atoms with van der Waals surface area (Å²) in [6.45, 7) is 7.63. The van der Waals surface area contributed by atoms with Gasteiger partial charge in [0, 0.05) is 32.3 Å². The van der Waals surface area contributed by atoms with E-state index >= 15 is 0 Å². The van der Waals surface area contributed by atoms with Crippen LogP contribution in [0, 0.1) is 5.92 Å². The topological polar surface area (TPSA) is 50.3 Å². The van der Waals surface area contributed by atoms with Gasteiger partial charge >= 0.3 is 0 Å². The average Bonchev–Trinajstić information content (AvgIpc) is 3.27. The highest BCUT2D eigenvalue weighted by Crippen LogP contribution is 2.28. The molecule has 1 aromatic rings. The van der Waals surface area contributed by atoms with Crippen LogP contribution in [0.5, 0.6) is 0 Å². The number of rotatable bonds is 9. The molecule has 20 heavy (non-hydrogen) atoms. The number of ether oxygens (including phenoxy) is 1. The van der Waals surface area contributed by atoms with Crippen molar-refractivity contribution in [2.24, 2.45) is 5.92 Å². The molecule has 1 aliphatic carbocycles. The second-order valence-corrected chi connectivity index (χ2v) is 5.35. The Hall–Kier alpha value is -1.36. The molecule has 0 atom stereocenters. The van der Waals surface area contributed by atoms with E-state index in [1.165, 1.54) is 18.4 Å². The highest BCUT2D eigenvalue weighted by atomic mass is 16.5. The molecule has 1 heterocycles. The van der Waals surface area contributed by atoms with Gasteiger partial charge < -0.3 is 15.0 Å². The van der Waals surface area contributed by atoms with Crippen molar-refractivity contribution in [3.63, 3.8) is 0 Å². The van der Waals surface area contributed by atoms with Crippen LogP contribution in [0.4, 0.5) is 11.6 Å². The summed E-state index contributed by atoms with van der Waals surface area (Å²) in [6.07, 6.45) is 5.24. The number of anilines is 2. The molecule has 1 aromatic heterocycles. The van der Waals surface area contributed by atoms with Gasteiger partial charge in [-0.3, -0.25) is 0 Å². The number of likely N-dealkylation sites (N-methyl/N-ethyl adjacent to an activating group) is 1. The summed E-state index contributed by atoms with van der Waals surface area (Å²) < 4.78 is 5.70. The van der Waals surface area contributed by atoms with E-state index in [9.17, 15) is 0 Å². The van der Waals surface area contributed by atoms with Crippen molar-refractivity contribution in [2.75, 3.05) is 43.6 Å². The fraction of sp³-hybridized carbons (Fsp3) is 0.733. The molecule has 0 unspecified atom stereocenters. The number of nitrogens with zero attached hydrogens (tertiary/aromatic N) is 3. The Labute approximate surface area is 121 Å². The van der Waals surface area contributed by atoms with E-state index in [0.29, 0.717) is 0 Å². The van der Waals surface area contributed by atoms with Crippen LogP contribution in [0.25, 0.3) is 0 Å². The lowest BCUT2D eigenvalue weighted by Gasteiger charge is -2.22. The van der Waals surface area contributed by atoms with Crippen molar-refractivity contribution in [2.45, 2.75) is 33.1 Å². The lowest BCUT2D eigenvalue weighted by atomic mass is 10.2. The van der Waals surface area contributed by atoms with Crippen LogP contribution < -0.4 is 10.2 Å². The number of hydrogen-bond donors (Lipinski definition) is 1. The van der Waals surface area contributed by atoms with E-state index in [1.54, 1.807) is 6.33 Å². The molecule has 5 nitrogen and oxygen atoms in total. The molecule has 1 fully saturated rings. The lowest BCUT2D eigenvalue weighted by molar-refractivity contribution is 0.130. The summed E-state index contributed by atoms with van der Waals surface area (Å²) in [5.41, 5.74) is 1.18. The summed E-state index contributed by atoms with van der Waals surface area (Å²) in [7, 11) is 2.07. The molecule has 1 N–H and O–H groups in total. The third-order valence-electron chi connectivity index (χ3n) is 3.60. The van der Waals surface area contributed by atoms with E-state index in [0.717, 1.165) is 50.3 Å². The lowest BCUT2D eigenvalue weighted by Crippen LogP contribution is -2.25. The summed E-state index contributed by atoms with van der Waals surface area (Å²) in [4.78, 5) is 10.9.